The molecule has 3 rings (SSSR count). The maximum atomic E-state index is 14.1. The molecule has 0 atom stereocenters. The molecule has 0 N–H and O–H groups in total. The maximum absolute atomic E-state index is 14.1. The highest BCUT2D eigenvalue weighted by molar-refractivity contribution is 5.90. The van der Waals surface area contributed by atoms with Crippen molar-refractivity contribution in [3.05, 3.63) is 59.4 Å². The van der Waals surface area contributed by atoms with Crippen molar-refractivity contribution < 1.29 is 27.1 Å². The van der Waals surface area contributed by atoms with E-state index in [-0.39, 0.29) is 5.56 Å². The molecule has 0 radical (unpaired) electrons. The Labute approximate surface area is 153 Å². The van der Waals surface area contributed by atoms with E-state index in [2.05, 4.69) is 4.74 Å². The number of hydrogen-bond donors (Lipinski definition) is 0. The van der Waals surface area contributed by atoms with Crippen molar-refractivity contribution in [1.82, 2.24) is 0 Å². The van der Waals surface area contributed by atoms with Gasteiger partial charge in [-0.2, -0.15) is 13.2 Å². The monoisotopic (exact) mass is 382 g/mol. The molecular formula is C19H18F4N2O2. The van der Waals surface area contributed by atoms with Gasteiger partial charge >= 0.3 is 12.1 Å². The SMILES string of the molecule is COC(=O)c1ccc(N2CCN(c3cccc(C(F)(F)F)c3)CC2)cc1F. The van der Waals surface area contributed by atoms with Crippen LogP contribution in [0.5, 0.6) is 0 Å². The molecule has 4 nitrogen and oxygen atoms in total. The summed E-state index contributed by atoms with van der Waals surface area (Å²) in [6.45, 7) is 2.05. The number of methoxy groups -OCH3 is 1. The van der Waals surface area contributed by atoms with Crippen LogP contribution in [0, 0.1) is 5.82 Å². The largest absolute Gasteiger partial charge is 0.465 e. The normalized spacial score (nSPS) is 15.0. The van der Waals surface area contributed by atoms with E-state index in [9.17, 15) is 22.4 Å². The van der Waals surface area contributed by atoms with Crippen molar-refractivity contribution in [2.75, 3.05) is 43.1 Å². The average Bonchev–Trinajstić information content (AvgIpc) is 2.67. The van der Waals surface area contributed by atoms with Gasteiger partial charge in [0.05, 0.1) is 18.2 Å². The fourth-order valence-corrected chi connectivity index (χ4v) is 3.08. The van der Waals surface area contributed by atoms with Crippen molar-refractivity contribution in [3.63, 3.8) is 0 Å². The summed E-state index contributed by atoms with van der Waals surface area (Å²) in [4.78, 5) is 15.2. The molecule has 0 unspecified atom stereocenters. The number of rotatable bonds is 3. The summed E-state index contributed by atoms with van der Waals surface area (Å²) in [5.74, 6) is -1.41. The zero-order valence-corrected chi connectivity index (χ0v) is 14.6. The van der Waals surface area contributed by atoms with Gasteiger partial charge in [-0.25, -0.2) is 9.18 Å². The van der Waals surface area contributed by atoms with E-state index in [0.717, 1.165) is 12.1 Å². The second-order valence-electron chi connectivity index (χ2n) is 6.18. The van der Waals surface area contributed by atoms with Crippen LogP contribution in [0.3, 0.4) is 0 Å². The molecule has 1 heterocycles. The number of anilines is 2. The second kappa shape index (κ2) is 7.46. The molecule has 0 spiro atoms. The van der Waals surface area contributed by atoms with E-state index in [1.165, 1.54) is 25.3 Å². The molecule has 144 valence electrons. The lowest BCUT2D eigenvalue weighted by molar-refractivity contribution is -0.137. The third kappa shape index (κ3) is 4.15. The number of piperazine rings is 1. The highest BCUT2D eigenvalue weighted by Gasteiger charge is 2.31. The summed E-state index contributed by atoms with van der Waals surface area (Å²) in [6.07, 6.45) is -4.38. The summed E-state index contributed by atoms with van der Waals surface area (Å²) in [7, 11) is 1.18. The number of alkyl halides is 3. The quantitative estimate of drug-likeness (QED) is 0.594. The van der Waals surface area contributed by atoms with E-state index in [1.807, 2.05) is 9.80 Å². The summed E-state index contributed by atoms with van der Waals surface area (Å²) in [5.41, 5.74) is 0.312. The molecule has 8 heteroatoms. The summed E-state index contributed by atoms with van der Waals surface area (Å²) >= 11 is 0. The Morgan fingerprint density at radius 1 is 0.963 bits per heavy atom. The lowest BCUT2D eigenvalue weighted by Crippen LogP contribution is -2.46. The van der Waals surface area contributed by atoms with E-state index in [1.54, 1.807) is 12.1 Å². The van der Waals surface area contributed by atoms with Crippen LogP contribution < -0.4 is 9.80 Å². The number of ether oxygens (including phenoxy) is 1. The summed E-state index contributed by atoms with van der Waals surface area (Å²) < 4.78 is 57.2. The molecule has 0 amide bonds. The highest BCUT2D eigenvalue weighted by atomic mass is 19.4. The van der Waals surface area contributed by atoms with Crippen LogP contribution >= 0.6 is 0 Å². The molecular weight excluding hydrogens is 364 g/mol. The number of nitrogens with zero attached hydrogens (tertiary/aromatic N) is 2. The zero-order valence-electron chi connectivity index (χ0n) is 14.6. The maximum Gasteiger partial charge on any atom is 0.416 e. The second-order valence-corrected chi connectivity index (χ2v) is 6.18. The smallest absolute Gasteiger partial charge is 0.416 e. The third-order valence-electron chi connectivity index (χ3n) is 4.54. The van der Waals surface area contributed by atoms with Gasteiger partial charge in [0.15, 0.2) is 0 Å². The van der Waals surface area contributed by atoms with E-state index in [0.29, 0.717) is 37.6 Å². The predicted molar refractivity (Wildman–Crippen MR) is 93.6 cm³/mol. The molecule has 2 aromatic rings. The molecule has 0 aliphatic carbocycles. The van der Waals surface area contributed by atoms with Gasteiger partial charge in [-0.3, -0.25) is 0 Å². The fraction of sp³-hybridized carbons (Fsp3) is 0.316. The molecule has 2 aromatic carbocycles. The Balaban J connectivity index is 1.69. The first-order valence-corrected chi connectivity index (χ1v) is 8.34. The Morgan fingerprint density at radius 3 is 2.07 bits per heavy atom. The lowest BCUT2D eigenvalue weighted by atomic mass is 10.1. The molecule has 0 aromatic heterocycles. The summed E-state index contributed by atoms with van der Waals surface area (Å²) in [5, 5.41) is 0. The van der Waals surface area contributed by atoms with E-state index in [4.69, 9.17) is 0 Å². The van der Waals surface area contributed by atoms with Crippen LogP contribution in [0.1, 0.15) is 15.9 Å². The standard InChI is InChI=1S/C19H18F4N2O2/c1-27-18(26)16-6-5-15(12-17(16)20)25-9-7-24(8-10-25)14-4-2-3-13(11-14)19(21,22)23/h2-6,11-12H,7-10H2,1H3. The molecule has 1 aliphatic heterocycles. The first-order chi connectivity index (χ1) is 12.8. The molecule has 1 saturated heterocycles. The van der Waals surface area contributed by atoms with Crippen LogP contribution in [0.25, 0.3) is 0 Å². The third-order valence-corrected chi connectivity index (χ3v) is 4.54. The van der Waals surface area contributed by atoms with Crippen molar-refractivity contribution in [3.8, 4) is 0 Å². The van der Waals surface area contributed by atoms with Gasteiger partial charge in [0.1, 0.15) is 5.82 Å². The van der Waals surface area contributed by atoms with Gasteiger partial charge in [-0.05, 0) is 36.4 Å². The van der Waals surface area contributed by atoms with Crippen LogP contribution in [0.4, 0.5) is 28.9 Å². The first-order valence-electron chi connectivity index (χ1n) is 8.34. The average molecular weight is 382 g/mol. The minimum Gasteiger partial charge on any atom is -0.465 e. The summed E-state index contributed by atoms with van der Waals surface area (Å²) in [6, 6.07) is 9.50. The molecule has 27 heavy (non-hydrogen) atoms. The fourth-order valence-electron chi connectivity index (χ4n) is 3.08. The Bertz CT molecular complexity index is 831. The highest BCUT2D eigenvalue weighted by Crippen LogP contribution is 2.32. The minimum atomic E-state index is -4.38. The van der Waals surface area contributed by atoms with Gasteiger partial charge < -0.3 is 14.5 Å². The van der Waals surface area contributed by atoms with E-state index >= 15 is 0 Å². The Morgan fingerprint density at radius 2 is 1.56 bits per heavy atom. The van der Waals surface area contributed by atoms with Gasteiger partial charge in [0.2, 0.25) is 0 Å². The van der Waals surface area contributed by atoms with Crippen molar-refractivity contribution in [2.45, 2.75) is 6.18 Å². The molecule has 1 fully saturated rings. The number of hydrogen-bond acceptors (Lipinski definition) is 4. The Hall–Kier alpha value is -2.77. The van der Waals surface area contributed by atoms with Crippen molar-refractivity contribution in [2.24, 2.45) is 0 Å². The minimum absolute atomic E-state index is 0.135. The first kappa shape index (κ1) is 19.0. The zero-order chi connectivity index (χ0) is 19.6. The van der Waals surface area contributed by atoms with Gasteiger partial charge in [0.25, 0.3) is 0 Å². The topological polar surface area (TPSA) is 32.8 Å². The lowest BCUT2D eigenvalue weighted by Gasteiger charge is -2.37. The number of carbonyl (C=O) groups excluding carboxylic acids is 1. The molecule has 1 aliphatic rings. The van der Waals surface area contributed by atoms with Crippen LogP contribution in [-0.4, -0.2) is 39.3 Å². The molecule has 0 saturated carbocycles. The van der Waals surface area contributed by atoms with E-state index < -0.39 is 23.5 Å². The predicted octanol–water partition coefficient (Wildman–Crippen LogP) is 3.96. The van der Waals surface area contributed by atoms with Gasteiger partial charge in [-0.15, -0.1) is 0 Å². The number of halogens is 4. The Kier molecular flexibility index (Phi) is 5.25. The van der Waals surface area contributed by atoms with Crippen LogP contribution in [0.2, 0.25) is 0 Å². The molecule has 0 bridgehead atoms. The van der Waals surface area contributed by atoms with Gasteiger partial charge in [-0.1, -0.05) is 6.07 Å². The number of carbonyl (C=O) groups is 1. The van der Waals surface area contributed by atoms with Crippen molar-refractivity contribution in [1.29, 1.82) is 0 Å². The number of benzene rings is 2. The number of esters is 1. The van der Waals surface area contributed by atoms with Crippen molar-refractivity contribution >= 4 is 17.3 Å². The van der Waals surface area contributed by atoms with Crippen LogP contribution in [0.15, 0.2) is 42.5 Å². The van der Waals surface area contributed by atoms with Gasteiger partial charge in [0, 0.05) is 37.6 Å². The van der Waals surface area contributed by atoms with Crippen LogP contribution in [-0.2, 0) is 10.9 Å².